The van der Waals surface area contributed by atoms with Crippen LogP contribution in [0.25, 0.3) is 0 Å². The van der Waals surface area contributed by atoms with Gasteiger partial charge in [0.1, 0.15) is 0 Å². The smallest absolute Gasteiger partial charge is 0.333 e. The molecule has 0 aliphatic carbocycles. The summed E-state index contributed by atoms with van der Waals surface area (Å²) in [5, 5.41) is 7.00. The molecule has 0 atom stereocenters. The van der Waals surface area contributed by atoms with Crippen LogP contribution in [0.4, 0.5) is 0 Å². The Morgan fingerprint density at radius 2 is 2.00 bits per heavy atom. The van der Waals surface area contributed by atoms with Crippen LogP contribution in [0.5, 0.6) is 0 Å². The fourth-order valence-electron chi connectivity index (χ4n) is 0.432. The zero-order valence-corrected chi connectivity index (χ0v) is 8.09. The number of esters is 1. The molecule has 0 fully saturated rings. The molecule has 0 aromatic rings. The van der Waals surface area contributed by atoms with Crippen molar-refractivity contribution in [2.24, 2.45) is 0 Å². The zero-order valence-electron chi connectivity index (χ0n) is 8.09. The van der Waals surface area contributed by atoms with E-state index in [9.17, 15) is 4.79 Å². The first-order valence-corrected chi connectivity index (χ1v) is 3.95. The summed E-state index contributed by atoms with van der Waals surface area (Å²) in [7, 11) is 1.00. The van der Waals surface area contributed by atoms with Crippen molar-refractivity contribution in [3.8, 4) is 0 Å². The van der Waals surface area contributed by atoms with Crippen LogP contribution in [0.2, 0.25) is 0 Å². The molecule has 0 saturated carbocycles. The second-order valence-electron chi connectivity index (χ2n) is 2.27. The number of carbonyl (C=O) groups is 1. The van der Waals surface area contributed by atoms with E-state index in [1.54, 1.807) is 6.92 Å². The second kappa shape index (κ2) is 10.2. The summed E-state index contributed by atoms with van der Waals surface area (Å²) in [6, 6.07) is 0. The molecule has 0 radical (unpaired) electrons. The van der Waals surface area contributed by atoms with Crippen LogP contribution in [0.3, 0.4) is 0 Å². The van der Waals surface area contributed by atoms with Gasteiger partial charge in [0.2, 0.25) is 0 Å². The van der Waals surface area contributed by atoms with Crippen LogP contribution in [0, 0.1) is 0 Å². The van der Waals surface area contributed by atoms with Crippen LogP contribution >= 0.6 is 0 Å². The lowest BCUT2D eigenvalue weighted by Gasteiger charge is -2.01. The first-order valence-electron chi connectivity index (χ1n) is 3.95. The van der Waals surface area contributed by atoms with Gasteiger partial charge in [-0.05, 0) is 13.3 Å². The largest absolute Gasteiger partial charge is 0.462 e. The first-order chi connectivity index (χ1) is 5.68. The van der Waals surface area contributed by atoms with Gasteiger partial charge < -0.3 is 9.84 Å². The number of aliphatic hydroxyl groups excluding tert-OH is 1. The standard InChI is InChI=1S/C8H14O2.CH4O/c1-4-5-6-10-8(9)7(2)3;1-2/h2,4-6H2,1,3H3;2H,1H3. The third kappa shape index (κ3) is 9.17. The Morgan fingerprint density at radius 3 is 2.33 bits per heavy atom. The molecule has 0 saturated heterocycles. The average molecular weight is 174 g/mol. The van der Waals surface area contributed by atoms with Crippen molar-refractivity contribution in [2.45, 2.75) is 26.7 Å². The monoisotopic (exact) mass is 174 g/mol. The Hall–Kier alpha value is -0.830. The first kappa shape index (κ1) is 13.7. The minimum atomic E-state index is -0.284. The van der Waals surface area contributed by atoms with E-state index in [4.69, 9.17) is 9.84 Å². The van der Waals surface area contributed by atoms with Crippen molar-refractivity contribution in [3.63, 3.8) is 0 Å². The summed E-state index contributed by atoms with van der Waals surface area (Å²) in [5.74, 6) is -0.284. The molecular formula is C9H18O3. The highest BCUT2D eigenvalue weighted by Crippen LogP contribution is 1.94. The molecule has 0 rings (SSSR count). The van der Waals surface area contributed by atoms with Crippen molar-refractivity contribution < 1.29 is 14.6 Å². The van der Waals surface area contributed by atoms with E-state index in [0.717, 1.165) is 20.0 Å². The number of unbranched alkanes of at least 4 members (excludes halogenated alkanes) is 1. The highest BCUT2D eigenvalue weighted by molar-refractivity contribution is 5.86. The van der Waals surface area contributed by atoms with Crippen molar-refractivity contribution in [1.29, 1.82) is 0 Å². The number of aliphatic hydroxyl groups is 1. The predicted octanol–water partition coefficient (Wildman–Crippen LogP) is 1.51. The third-order valence-electron chi connectivity index (χ3n) is 1.08. The van der Waals surface area contributed by atoms with Crippen LogP contribution < -0.4 is 0 Å². The van der Waals surface area contributed by atoms with Gasteiger partial charge in [-0.3, -0.25) is 0 Å². The number of carbonyl (C=O) groups excluding carboxylic acids is 1. The lowest BCUT2D eigenvalue weighted by Crippen LogP contribution is -2.05. The Bertz CT molecular complexity index is 130. The average Bonchev–Trinajstić information content (AvgIpc) is 2.08. The van der Waals surface area contributed by atoms with Crippen LogP contribution in [-0.2, 0) is 9.53 Å². The predicted molar refractivity (Wildman–Crippen MR) is 48.8 cm³/mol. The van der Waals surface area contributed by atoms with Crippen molar-refractivity contribution in [1.82, 2.24) is 0 Å². The van der Waals surface area contributed by atoms with Gasteiger partial charge in [-0.25, -0.2) is 4.79 Å². The lowest BCUT2D eigenvalue weighted by atomic mass is 10.3. The Morgan fingerprint density at radius 1 is 1.50 bits per heavy atom. The summed E-state index contributed by atoms with van der Waals surface area (Å²) in [4.78, 5) is 10.7. The minimum Gasteiger partial charge on any atom is -0.462 e. The highest BCUT2D eigenvalue weighted by Gasteiger charge is 2.00. The number of hydrogen-bond donors (Lipinski definition) is 1. The molecule has 1 N–H and O–H groups in total. The van der Waals surface area contributed by atoms with Crippen molar-refractivity contribution in [3.05, 3.63) is 12.2 Å². The fraction of sp³-hybridized carbons (Fsp3) is 0.667. The van der Waals surface area contributed by atoms with Gasteiger partial charge in [0.05, 0.1) is 6.61 Å². The molecule has 72 valence electrons. The summed E-state index contributed by atoms with van der Waals surface area (Å²) < 4.78 is 4.81. The van der Waals surface area contributed by atoms with Crippen molar-refractivity contribution >= 4 is 5.97 Å². The maximum atomic E-state index is 10.7. The van der Waals surface area contributed by atoms with E-state index in [2.05, 4.69) is 13.5 Å². The van der Waals surface area contributed by atoms with Gasteiger partial charge >= 0.3 is 5.97 Å². The molecule has 0 aromatic heterocycles. The fourth-order valence-corrected chi connectivity index (χ4v) is 0.432. The number of hydrogen-bond acceptors (Lipinski definition) is 3. The summed E-state index contributed by atoms with van der Waals surface area (Å²) in [5.41, 5.74) is 0.469. The Labute approximate surface area is 74.0 Å². The van der Waals surface area contributed by atoms with Gasteiger partial charge in [-0.1, -0.05) is 19.9 Å². The van der Waals surface area contributed by atoms with E-state index in [0.29, 0.717) is 12.2 Å². The van der Waals surface area contributed by atoms with E-state index >= 15 is 0 Å². The molecule has 12 heavy (non-hydrogen) atoms. The van der Waals surface area contributed by atoms with Crippen LogP contribution in [0.1, 0.15) is 26.7 Å². The summed E-state index contributed by atoms with van der Waals surface area (Å²) in [6.07, 6.45) is 1.97. The van der Waals surface area contributed by atoms with Gasteiger partial charge in [0.25, 0.3) is 0 Å². The highest BCUT2D eigenvalue weighted by atomic mass is 16.5. The van der Waals surface area contributed by atoms with Gasteiger partial charge in [0, 0.05) is 12.7 Å². The molecule has 0 aliphatic heterocycles. The molecule has 3 heteroatoms. The molecule has 3 nitrogen and oxygen atoms in total. The van der Waals surface area contributed by atoms with E-state index in [-0.39, 0.29) is 5.97 Å². The molecule has 0 aromatic carbocycles. The lowest BCUT2D eigenvalue weighted by molar-refractivity contribution is -0.139. The molecule has 0 unspecified atom stereocenters. The molecule has 0 spiro atoms. The number of ether oxygens (including phenoxy) is 1. The van der Waals surface area contributed by atoms with Crippen LogP contribution in [0.15, 0.2) is 12.2 Å². The normalized spacial score (nSPS) is 8.00. The van der Waals surface area contributed by atoms with E-state index < -0.39 is 0 Å². The quantitative estimate of drug-likeness (QED) is 0.399. The maximum Gasteiger partial charge on any atom is 0.333 e. The summed E-state index contributed by atoms with van der Waals surface area (Å²) >= 11 is 0. The van der Waals surface area contributed by atoms with Crippen LogP contribution in [-0.4, -0.2) is 24.8 Å². The van der Waals surface area contributed by atoms with E-state index in [1.165, 1.54) is 0 Å². The second-order valence-corrected chi connectivity index (χ2v) is 2.27. The molecule has 0 heterocycles. The molecular weight excluding hydrogens is 156 g/mol. The molecule has 0 aliphatic rings. The minimum absolute atomic E-state index is 0.284. The number of rotatable bonds is 4. The van der Waals surface area contributed by atoms with Gasteiger partial charge in [-0.2, -0.15) is 0 Å². The SMILES string of the molecule is C=C(C)C(=O)OCCCC.CO. The van der Waals surface area contributed by atoms with Gasteiger partial charge in [0.15, 0.2) is 0 Å². The molecule has 0 bridgehead atoms. The maximum absolute atomic E-state index is 10.7. The van der Waals surface area contributed by atoms with Crippen molar-refractivity contribution in [2.75, 3.05) is 13.7 Å². The van der Waals surface area contributed by atoms with E-state index in [1.807, 2.05) is 0 Å². The topological polar surface area (TPSA) is 46.5 Å². The summed E-state index contributed by atoms with van der Waals surface area (Å²) in [6.45, 7) is 7.67. The Balaban J connectivity index is 0. The van der Waals surface area contributed by atoms with Gasteiger partial charge in [-0.15, -0.1) is 0 Å². The molecule has 0 amide bonds. The Kier molecular flexibility index (Phi) is 11.6. The zero-order chi connectivity index (χ0) is 9.98. The third-order valence-corrected chi connectivity index (χ3v) is 1.08.